The highest BCUT2D eigenvalue weighted by Gasteiger charge is 2.25. The Balaban J connectivity index is 1.70. The minimum absolute atomic E-state index is 0.112. The van der Waals surface area contributed by atoms with E-state index >= 15 is 0 Å². The molecule has 7 heteroatoms. The standard InChI is InChI=1S/C31H35Cl2N3O2/c1-23(2)17-30(37)36-14-8-13-34(21-24-9-4-3-5-10-24)15-16-35(22-25-11-6-7-12-29(25)36)31(38)26-18-27(32)20-28(33)19-26/h3-7,9-12,18-20,23H,8,13-17,21-22H2,1-2H3. The van der Waals surface area contributed by atoms with Crippen LogP contribution in [-0.2, 0) is 17.9 Å². The molecule has 0 radical (unpaired) electrons. The summed E-state index contributed by atoms with van der Waals surface area (Å²) in [7, 11) is 0. The van der Waals surface area contributed by atoms with E-state index in [-0.39, 0.29) is 17.7 Å². The first-order chi connectivity index (χ1) is 18.3. The molecule has 1 aliphatic rings. The molecule has 0 saturated heterocycles. The second-order valence-corrected chi connectivity index (χ2v) is 11.1. The SMILES string of the molecule is CC(C)CC(=O)N1CCCN(Cc2ccccc2)CCN(C(=O)c2cc(Cl)cc(Cl)c2)Cc2ccccc21. The maximum absolute atomic E-state index is 13.8. The fourth-order valence-corrected chi connectivity index (χ4v) is 5.42. The number of fused-ring (bicyclic) bond motifs is 1. The molecule has 0 bridgehead atoms. The summed E-state index contributed by atoms with van der Waals surface area (Å²) in [5, 5.41) is 0.852. The van der Waals surface area contributed by atoms with Crippen LogP contribution in [0.15, 0.2) is 72.8 Å². The van der Waals surface area contributed by atoms with Crippen LogP contribution in [0.5, 0.6) is 0 Å². The van der Waals surface area contributed by atoms with Crippen molar-refractivity contribution in [1.29, 1.82) is 0 Å². The number of para-hydroxylation sites is 1. The molecule has 0 N–H and O–H groups in total. The van der Waals surface area contributed by atoms with Gasteiger partial charge in [-0.3, -0.25) is 14.5 Å². The first-order valence-corrected chi connectivity index (χ1v) is 14.0. The van der Waals surface area contributed by atoms with E-state index in [1.807, 2.05) is 52.3 Å². The number of benzene rings is 3. The van der Waals surface area contributed by atoms with E-state index in [9.17, 15) is 9.59 Å². The Morgan fingerprint density at radius 1 is 0.842 bits per heavy atom. The molecule has 3 aromatic rings. The van der Waals surface area contributed by atoms with Crippen LogP contribution in [0.3, 0.4) is 0 Å². The van der Waals surface area contributed by atoms with E-state index in [4.69, 9.17) is 23.2 Å². The topological polar surface area (TPSA) is 43.9 Å². The first-order valence-electron chi connectivity index (χ1n) is 13.2. The fourth-order valence-electron chi connectivity index (χ4n) is 4.89. The molecule has 38 heavy (non-hydrogen) atoms. The zero-order valence-electron chi connectivity index (χ0n) is 22.1. The average molecular weight is 553 g/mol. The van der Waals surface area contributed by atoms with Gasteiger partial charge in [0.05, 0.1) is 0 Å². The van der Waals surface area contributed by atoms with Crippen molar-refractivity contribution < 1.29 is 9.59 Å². The Bertz CT molecular complexity index is 1230. The molecule has 3 aromatic carbocycles. The van der Waals surface area contributed by atoms with Crippen LogP contribution in [0.1, 0.15) is 48.2 Å². The van der Waals surface area contributed by atoms with Gasteiger partial charge in [-0.2, -0.15) is 0 Å². The highest BCUT2D eigenvalue weighted by atomic mass is 35.5. The van der Waals surface area contributed by atoms with E-state index in [1.54, 1.807) is 18.2 Å². The third-order valence-electron chi connectivity index (χ3n) is 6.72. The Morgan fingerprint density at radius 3 is 2.24 bits per heavy atom. The Hall–Kier alpha value is -2.86. The lowest BCUT2D eigenvalue weighted by atomic mass is 10.1. The van der Waals surface area contributed by atoms with Gasteiger partial charge in [0.2, 0.25) is 5.91 Å². The lowest BCUT2D eigenvalue weighted by molar-refractivity contribution is -0.119. The first kappa shape index (κ1) is 28.2. The van der Waals surface area contributed by atoms with E-state index in [0.29, 0.717) is 48.2 Å². The number of rotatable bonds is 5. The van der Waals surface area contributed by atoms with Crippen molar-refractivity contribution >= 4 is 40.7 Å². The molecule has 2 amide bonds. The number of anilines is 1. The van der Waals surface area contributed by atoms with Crippen LogP contribution < -0.4 is 4.90 Å². The summed E-state index contributed by atoms with van der Waals surface area (Å²) in [6.07, 6.45) is 1.31. The van der Waals surface area contributed by atoms with Crippen LogP contribution in [-0.4, -0.2) is 47.8 Å². The van der Waals surface area contributed by atoms with Crippen molar-refractivity contribution in [3.63, 3.8) is 0 Å². The maximum Gasteiger partial charge on any atom is 0.254 e. The largest absolute Gasteiger partial charge is 0.333 e. The molecular formula is C31H35Cl2N3O2. The minimum atomic E-state index is -0.136. The van der Waals surface area contributed by atoms with Gasteiger partial charge in [-0.1, -0.05) is 85.6 Å². The van der Waals surface area contributed by atoms with Gasteiger partial charge in [0.15, 0.2) is 0 Å². The van der Waals surface area contributed by atoms with Crippen molar-refractivity contribution in [2.75, 3.05) is 31.1 Å². The average Bonchev–Trinajstić information content (AvgIpc) is 2.91. The molecular weight excluding hydrogens is 517 g/mol. The molecule has 0 atom stereocenters. The van der Waals surface area contributed by atoms with Gasteiger partial charge in [0.1, 0.15) is 0 Å². The van der Waals surface area contributed by atoms with Gasteiger partial charge in [-0.25, -0.2) is 0 Å². The van der Waals surface area contributed by atoms with E-state index in [0.717, 1.165) is 30.8 Å². The molecule has 0 saturated carbocycles. The molecule has 200 valence electrons. The molecule has 0 aromatic heterocycles. The van der Waals surface area contributed by atoms with Crippen molar-refractivity contribution in [2.45, 2.75) is 39.8 Å². The quantitative estimate of drug-likeness (QED) is 0.345. The Morgan fingerprint density at radius 2 is 1.53 bits per heavy atom. The molecule has 4 rings (SSSR count). The molecule has 1 heterocycles. The third kappa shape index (κ3) is 7.59. The predicted octanol–water partition coefficient (Wildman–Crippen LogP) is 6.92. The van der Waals surface area contributed by atoms with E-state index < -0.39 is 0 Å². The van der Waals surface area contributed by atoms with Gasteiger partial charge in [-0.15, -0.1) is 0 Å². The monoisotopic (exact) mass is 551 g/mol. The normalized spacial score (nSPS) is 15.2. The van der Waals surface area contributed by atoms with Gasteiger partial charge >= 0.3 is 0 Å². The van der Waals surface area contributed by atoms with Gasteiger partial charge in [0, 0.05) is 67.0 Å². The number of amides is 2. The number of carbonyl (C=O) groups is 2. The van der Waals surface area contributed by atoms with Crippen LogP contribution in [0.25, 0.3) is 0 Å². The number of carbonyl (C=O) groups excluding carboxylic acids is 2. The molecule has 0 aliphatic carbocycles. The van der Waals surface area contributed by atoms with Crippen molar-refractivity contribution in [3.05, 3.63) is 99.5 Å². The second kappa shape index (κ2) is 13.3. The lowest BCUT2D eigenvalue weighted by Crippen LogP contribution is -2.38. The Labute approximate surface area is 235 Å². The van der Waals surface area contributed by atoms with Crippen LogP contribution in [0, 0.1) is 5.92 Å². The summed E-state index contributed by atoms with van der Waals surface area (Å²) in [5.74, 6) is 0.233. The van der Waals surface area contributed by atoms with E-state index in [1.165, 1.54) is 5.56 Å². The number of hydrogen-bond acceptors (Lipinski definition) is 3. The second-order valence-electron chi connectivity index (χ2n) is 10.3. The van der Waals surface area contributed by atoms with Crippen LogP contribution in [0.2, 0.25) is 10.0 Å². The highest BCUT2D eigenvalue weighted by Crippen LogP contribution is 2.27. The molecule has 1 aliphatic heterocycles. The minimum Gasteiger partial charge on any atom is -0.333 e. The van der Waals surface area contributed by atoms with Crippen molar-refractivity contribution in [1.82, 2.24) is 9.80 Å². The lowest BCUT2D eigenvalue weighted by Gasteiger charge is -2.28. The third-order valence-corrected chi connectivity index (χ3v) is 7.15. The smallest absolute Gasteiger partial charge is 0.254 e. The Kier molecular flexibility index (Phi) is 9.84. The van der Waals surface area contributed by atoms with Crippen molar-refractivity contribution in [3.8, 4) is 0 Å². The number of hydrogen-bond donors (Lipinski definition) is 0. The molecule has 0 unspecified atom stereocenters. The summed E-state index contributed by atoms with van der Waals surface area (Å²) in [6, 6.07) is 23.2. The van der Waals surface area contributed by atoms with E-state index in [2.05, 4.69) is 30.9 Å². The maximum atomic E-state index is 13.8. The van der Waals surface area contributed by atoms with Crippen molar-refractivity contribution in [2.24, 2.45) is 5.92 Å². The summed E-state index contributed by atoms with van der Waals surface area (Å²) in [6.45, 7) is 7.96. The molecule has 0 fully saturated rings. The number of nitrogens with zero attached hydrogens (tertiary/aromatic N) is 3. The summed E-state index contributed by atoms with van der Waals surface area (Å²) < 4.78 is 0. The summed E-state index contributed by atoms with van der Waals surface area (Å²) in [5.41, 5.74) is 3.49. The highest BCUT2D eigenvalue weighted by molar-refractivity contribution is 6.35. The van der Waals surface area contributed by atoms with Crippen LogP contribution in [0.4, 0.5) is 5.69 Å². The zero-order chi connectivity index (χ0) is 27.1. The van der Waals surface area contributed by atoms with Crippen LogP contribution >= 0.6 is 23.2 Å². The fraction of sp³-hybridized carbons (Fsp3) is 0.355. The summed E-state index contributed by atoms with van der Waals surface area (Å²) in [4.78, 5) is 33.3. The number of halogens is 2. The summed E-state index contributed by atoms with van der Waals surface area (Å²) >= 11 is 12.5. The van der Waals surface area contributed by atoms with Gasteiger partial charge in [0.25, 0.3) is 5.91 Å². The van der Waals surface area contributed by atoms with Gasteiger partial charge < -0.3 is 9.80 Å². The zero-order valence-corrected chi connectivity index (χ0v) is 23.6. The predicted molar refractivity (Wildman–Crippen MR) is 156 cm³/mol. The molecule has 5 nitrogen and oxygen atoms in total. The van der Waals surface area contributed by atoms with Gasteiger partial charge in [-0.05, 0) is 47.7 Å². The molecule has 0 spiro atoms.